The lowest BCUT2D eigenvalue weighted by Crippen LogP contribution is -2.42. The lowest BCUT2D eigenvalue weighted by atomic mass is 9.80. The number of rotatable bonds is 3. The Kier molecular flexibility index (Phi) is 3.42. The lowest BCUT2D eigenvalue weighted by molar-refractivity contribution is 0.269. The molecule has 2 aromatic rings. The van der Waals surface area contributed by atoms with Crippen molar-refractivity contribution in [3.05, 3.63) is 66.2 Å². The molecule has 4 rings (SSSR count). The van der Waals surface area contributed by atoms with Gasteiger partial charge in [0, 0.05) is 18.8 Å². The molecule has 0 radical (unpaired) electrons. The number of hydrogen-bond donors (Lipinski definition) is 0. The van der Waals surface area contributed by atoms with Crippen LogP contribution in [0.15, 0.2) is 60.7 Å². The molecule has 1 nitrogen and oxygen atoms in total. The van der Waals surface area contributed by atoms with Gasteiger partial charge in [0.15, 0.2) is 0 Å². The van der Waals surface area contributed by atoms with Gasteiger partial charge in [-0.05, 0) is 54.7 Å². The van der Waals surface area contributed by atoms with Crippen molar-refractivity contribution in [2.45, 2.75) is 19.3 Å². The molecule has 0 amide bonds. The Bertz CT molecular complexity index is 563. The van der Waals surface area contributed by atoms with Crippen LogP contribution < -0.4 is 4.90 Å². The van der Waals surface area contributed by atoms with E-state index in [1.165, 1.54) is 43.6 Å². The number of piperidine rings is 1. The van der Waals surface area contributed by atoms with Crippen molar-refractivity contribution in [1.29, 1.82) is 0 Å². The molecule has 0 N–H and O–H groups in total. The van der Waals surface area contributed by atoms with Crippen LogP contribution in [0.5, 0.6) is 0 Å². The summed E-state index contributed by atoms with van der Waals surface area (Å²) in [5.74, 6) is 2.65. The van der Waals surface area contributed by atoms with Gasteiger partial charge in [0.2, 0.25) is 0 Å². The summed E-state index contributed by atoms with van der Waals surface area (Å²) in [4.78, 5) is 2.61. The van der Waals surface area contributed by atoms with Crippen molar-refractivity contribution in [3.63, 3.8) is 0 Å². The molecule has 2 bridgehead atoms. The fourth-order valence-electron chi connectivity index (χ4n) is 4.40. The molecule has 21 heavy (non-hydrogen) atoms. The molecule has 0 spiro atoms. The number of anilines is 1. The van der Waals surface area contributed by atoms with Crippen LogP contribution in [0.2, 0.25) is 0 Å². The van der Waals surface area contributed by atoms with Crippen molar-refractivity contribution in [3.8, 4) is 0 Å². The van der Waals surface area contributed by atoms with E-state index >= 15 is 0 Å². The second-order valence-electron chi connectivity index (χ2n) is 6.69. The second-order valence-corrected chi connectivity index (χ2v) is 6.69. The zero-order valence-electron chi connectivity index (χ0n) is 12.5. The third kappa shape index (κ3) is 2.57. The van der Waals surface area contributed by atoms with Gasteiger partial charge in [0.05, 0.1) is 0 Å². The summed E-state index contributed by atoms with van der Waals surface area (Å²) in [6.07, 6.45) is 4.12. The van der Waals surface area contributed by atoms with Gasteiger partial charge in [0.25, 0.3) is 0 Å². The Morgan fingerprint density at radius 3 is 1.95 bits per heavy atom. The van der Waals surface area contributed by atoms with Crippen molar-refractivity contribution >= 4 is 5.69 Å². The standard InChI is InChI=1S/C20H23N/c1-3-7-16(8-4-1)13-20-17-11-12-18(20)15-21(14-17)19-9-5-2-6-10-19/h1-10,17-18,20H,11-15H2/t17-,18+,20-. The molecule has 1 heterocycles. The molecule has 108 valence electrons. The van der Waals surface area contributed by atoms with Crippen LogP contribution in [0.25, 0.3) is 0 Å². The van der Waals surface area contributed by atoms with Crippen molar-refractivity contribution < 1.29 is 0 Å². The summed E-state index contributed by atoms with van der Waals surface area (Å²) < 4.78 is 0. The highest BCUT2D eigenvalue weighted by atomic mass is 15.1. The first kappa shape index (κ1) is 12.9. The van der Waals surface area contributed by atoms with Crippen LogP contribution in [-0.4, -0.2) is 13.1 Å². The molecular formula is C20H23N. The van der Waals surface area contributed by atoms with Gasteiger partial charge in [-0.25, -0.2) is 0 Å². The zero-order chi connectivity index (χ0) is 14.1. The average Bonchev–Trinajstić information content (AvgIpc) is 2.78. The highest BCUT2D eigenvalue weighted by Gasteiger charge is 2.41. The molecule has 1 saturated carbocycles. The van der Waals surface area contributed by atoms with E-state index in [9.17, 15) is 0 Å². The summed E-state index contributed by atoms with van der Waals surface area (Å²) in [6, 6.07) is 22.0. The molecule has 2 aliphatic rings. The van der Waals surface area contributed by atoms with Crippen LogP contribution >= 0.6 is 0 Å². The van der Waals surface area contributed by atoms with E-state index in [-0.39, 0.29) is 0 Å². The second kappa shape index (κ2) is 5.55. The highest BCUT2D eigenvalue weighted by Crippen LogP contribution is 2.44. The van der Waals surface area contributed by atoms with E-state index < -0.39 is 0 Å². The third-order valence-electron chi connectivity index (χ3n) is 5.46. The fraction of sp³-hybridized carbons (Fsp3) is 0.400. The van der Waals surface area contributed by atoms with Crippen LogP contribution in [0.1, 0.15) is 18.4 Å². The zero-order valence-corrected chi connectivity index (χ0v) is 12.5. The van der Waals surface area contributed by atoms with Crippen molar-refractivity contribution in [1.82, 2.24) is 0 Å². The Morgan fingerprint density at radius 1 is 0.762 bits per heavy atom. The summed E-state index contributed by atoms with van der Waals surface area (Å²) in [7, 11) is 0. The normalized spacial score (nSPS) is 27.8. The number of benzene rings is 2. The van der Waals surface area contributed by atoms with Gasteiger partial charge in [-0.2, -0.15) is 0 Å². The van der Waals surface area contributed by atoms with Crippen LogP contribution in [0.3, 0.4) is 0 Å². The van der Waals surface area contributed by atoms with Gasteiger partial charge in [-0.1, -0.05) is 48.5 Å². The van der Waals surface area contributed by atoms with Crippen molar-refractivity contribution in [2.75, 3.05) is 18.0 Å². The first-order valence-corrected chi connectivity index (χ1v) is 8.24. The average molecular weight is 277 g/mol. The molecule has 2 fully saturated rings. The number of nitrogens with zero attached hydrogens (tertiary/aromatic N) is 1. The van der Waals surface area contributed by atoms with E-state index in [0.29, 0.717) is 0 Å². The van der Waals surface area contributed by atoms with E-state index in [1.807, 2.05) is 0 Å². The van der Waals surface area contributed by atoms with Gasteiger partial charge < -0.3 is 4.90 Å². The van der Waals surface area contributed by atoms with E-state index in [0.717, 1.165) is 17.8 Å². The predicted octanol–water partition coefficient (Wildman–Crippen LogP) is 4.39. The number of para-hydroxylation sites is 1. The molecule has 1 heteroatoms. The SMILES string of the molecule is c1ccc(C[C@@H]2[C@@H]3CC[C@H]2CN(c2ccccc2)C3)cc1. The van der Waals surface area contributed by atoms with Crippen LogP contribution in [-0.2, 0) is 6.42 Å². The third-order valence-corrected chi connectivity index (χ3v) is 5.46. The summed E-state index contributed by atoms with van der Waals surface area (Å²) in [5, 5.41) is 0. The largest absolute Gasteiger partial charge is 0.371 e. The van der Waals surface area contributed by atoms with Crippen LogP contribution in [0.4, 0.5) is 5.69 Å². The van der Waals surface area contributed by atoms with Crippen molar-refractivity contribution in [2.24, 2.45) is 17.8 Å². The van der Waals surface area contributed by atoms with Gasteiger partial charge in [-0.15, -0.1) is 0 Å². The maximum Gasteiger partial charge on any atom is 0.0366 e. The first-order valence-electron chi connectivity index (χ1n) is 8.24. The smallest absolute Gasteiger partial charge is 0.0366 e. The monoisotopic (exact) mass is 277 g/mol. The lowest BCUT2D eigenvalue weighted by Gasteiger charge is -2.39. The molecule has 0 unspecified atom stereocenters. The topological polar surface area (TPSA) is 3.24 Å². The van der Waals surface area contributed by atoms with Crippen LogP contribution in [0, 0.1) is 17.8 Å². The molecule has 1 saturated heterocycles. The molecule has 2 aromatic carbocycles. The Labute approximate surface area is 127 Å². The Morgan fingerprint density at radius 2 is 1.33 bits per heavy atom. The number of fused-ring (bicyclic) bond motifs is 2. The molecular weight excluding hydrogens is 254 g/mol. The minimum atomic E-state index is 0.879. The van der Waals surface area contributed by atoms with Gasteiger partial charge >= 0.3 is 0 Å². The van der Waals surface area contributed by atoms with Gasteiger partial charge in [0.1, 0.15) is 0 Å². The Balaban J connectivity index is 1.49. The number of hydrogen-bond acceptors (Lipinski definition) is 1. The maximum absolute atomic E-state index is 2.61. The maximum atomic E-state index is 2.61. The summed E-state index contributed by atoms with van der Waals surface area (Å²) in [6.45, 7) is 2.50. The quantitative estimate of drug-likeness (QED) is 0.804. The van der Waals surface area contributed by atoms with E-state index in [1.54, 1.807) is 0 Å². The fourth-order valence-corrected chi connectivity index (χ4v) is 4.40. The molecule has 0 aromatic heterocycles. The highest BCUT2D eigenvalue weighted by molar-refractivity contribution is 5.47. The molecule has 3 atom stereocenters. The van der Waals surface area contributed by atoms with E-state index in [2.05, 4.69) is 65.6 Å². The minimum absolute atomic E-state index is 0.879. The summed E-state index contributed by atoms with van der Waals surface area (Å²) in [5.41, 5.74) is 2.93. The summed E-state index contributed by atoms with van der Waals surface area (Å²) >= 11 is 0. The predicted molar refractivity (Wildman–Crippen MR) is 88.5 cm³/mol. The van der Waals surface area contributed by atoms with E-state index in [4.69, 9.17) is 0 Å². The first-order chi connectivity index (χ1) is 10.4. The van der Waals surface area contributed by atoms with Gasteiger partial charge in [-0.3, -0.25) is 0 Å². The molecule has 1 aliphatic carbocycles. The Hall–Kier alpha value is -1.76. The minimum Gasteiger partial charge on any atom is -0.371 e. The molecule has 1 aliphatic heterocycles.